The normalized spacial score (nSPS) is 11.0. The number of alkyl halides is 1. The van der Waals surface area contributed by atoms with Crippen LogP contribution < -0.4 is 0 Å². The van der Waals surface area contributed by atoms with E-state index in [-0.39, 0.29) is 0 Å². The van der Waals surface area contributed by atoms with Crippen LogP contribution >= 0.6 is 15.9 Å². The average Bonchev–Trinajstić information content (AvgIpc) is 2.66. The van der Waals surface area contributed by atoms with Gasteiger partial charge in [-0.05, 0) is 32.7 Å². The van der Waals surface area contributed by atoms with Crippen LogP contribution in [0.25, 0.3) is 32.7 Å². The molecule has 116 valence electrons. The van der Waals surface area contributed by atoms with Gasteiger partial charge in [0.2, 0.25) is 0 Å². The van der Waals surface area contributed by atoms with E-state index in [1.807, 2.05) is 30.3 Å². The SMILES string of the molecule is O=Cc1ccc2ccccc2c1-c1c(CBr)ccc2ccccc12. The Bertz CT molecular complexity index is 1070. The molecule has 0 fully saturated rings. The quantitative estimate of drug-likeness (QED) is 0.300. The molecule has 0 saturated heterocycles. The largest absolute Gasteiger partial charge is 0.298 e. The Morgan fingerprint density at radius 3 is 1.92 bits per heavy atom. The molecule has 1 nitrogen and oxygen atoms in total. The molecule has 0 aliphatic rings. The van der Waals surface area contributed by atoms with Crippen molar-refractivity contribution >= 4 is 43.8 Å². The van der Waals surface area contributed by atoms with Crippen molar-refractivity contribution in [2.24, 2.45) is 0 Å². The molecule has 0 bridgehead atoms. The topological polar surface area (TPSA) is 17.1 Å². The zero-order valence-corrected chi connectivity index (χ0v) is 14.6. The zero-order valence-electron chi connectivity index (χ0n) is 13.0. The van der Waals surface area contributed by atoms with Crippen LogP contribution in [0, 0.1) is 0 Å². The first kappa shape index (κ1) is 15.1. The Morgan fingerprint density at radius 1 is 0.708 bits per heavy atom. The van der Waals surface area contributed by atoms with E-state index in [9.17, 15) is 4.79 Å². The van der Waals surface area contributed by atoms with Crippen molar-refractivity contribution in [2.75, 3.05) is 0 Å². The van der Waals surface area contributed by atoms with Gasteiger partial charge in [-0.1, -0.05) is 88.7 Å². The lowest BCUT2D eigenvalue weighted by molar-refractivity contribution is 0.112. The molecule has 4 aromatic rings. The molecule has 0 aliphatic heterocycles. The van der Waals surface area contributed by atoms with Crippen LogP contribution in [0.4, 0.5) is 0 Å². The molecule has 0 spiro atoms. The number of carbonyl (C=O) groups is 1. The van der Waals surface area contributed by atoms with Crippen LogP contribution in [0.3, 0.4) is 0 Å². The van der Waals surface area contributed by atoms with Crippen LogP contribution in [0.1, 0.15) is 15.9 Å². The van der Waals surface area contributed by atoms with Gasteiger partial charge < -0.3 is 0 Å². The number of rotatable bonds is 3. The monoisotopic (exact) mass is 374 g/mol. The maximum atomic E-state index is 11.8. The first-order valence-corrected chi connectivity index (χ1v) is 8.99. The molecule has 0 N–H and O–H groups in total. The van der Waals surface area contributed by atoms with Gasteiger partial charge in [0, 0.05) is 16.5 Å². The maximum Gasteiger partial charge on any atom is 0.150 e. The number of halogens is 1. The molecule has 4 rings (SSSR count). The maximum absolute atomic E-state index is 11.8. The second kappa shape index (κ2) is 6.21. The summed E-state index contributed by atoms with van der Waals surface area (Å²) in [6.07, 6.45) is 0.960. The van der Waals surface area contributed by atoms with Crippen molar-refractivity contribution < 1.29 is 4.79 Å². The minimum Gasteiger partial charge on any atom is -0.298 e. The van der Waals surface area contributed by atoms with Crippen LogP contribution in [-0.2, 0) is 5.33 Å². The van der Waals surface area contributed by atoms with Gasteiger partial charge in [-0.15, -0.1) is 0 Å². The summed E-state index contributed by atoms with van der Waals surface area (Å²) in [5, 5.41) is 5.36. The van der Waals surface area contributed by atoms with Gasteiger partial charge in [0.15, 0.2) is 6.29 Å². The second-order valence-corrected chi connectivity index (χ2v) is 6.38. The number of hydrogen-bond donors (Lipinski definition) is 0. The third-order valence-electron chi connectivity index (χ3n) is 4.50. The van der Waals surface area contributed by atoms with Crippen molar-refractivity contribution in [1.29, 1.82) is 0 Å². The molecule has 24 heavy (non-hydrogen) atoms. The van der Waals surface area contributed by atoms with E-state index in [0.29, 0.717) is 0 Å². The molecule has 0 atom stereocenters. The smallest absolute Gasteiger partial charge is 0.150 e. The fourth-order valence-electron chi connectivity index (χ4n) is 3.39. The zero-order chi connectivity index (χ0) is 16.5. The van der Waals surface area contributed by atoms with Crippen LogP contribution in [0.15, 0.2) is 72.8 Å². The number of hydrogen-bond acceptors (Lipinski definition) is 1. The summed E-state index contributed by atoms with van der Waals surface area (Å²) in [5.41, 5.74) is 4.08. The summed E-state index contributed by atoms with van der Waals surface area (Å²) < 4.78 is 0. The summed E-state index contributed by atoms with van der Waals surface area (Å²) in [6, 6.07) is 24.8. The van der Waals surface area contributed by atoms with Crippen molar-refractivity contribution in [3.05, 3.63) is 83.9 Å². The van der Waals surface area contributed by atoms with Crippen molar-refractivity contribution in [3.63, 3.8) is 0 Å². The Labute approximate surface area is 149 Å². The van der Waals surface area contributed by atoms with Crippen molar-refractivity contribution in [1.82, 2.24) is 0 Å². The number of aldehydes is 1. The summed E-state index contributed by atoms with van der Waals surface area (Å²) in [7, 11) is 0. The van der Waals surface area contributed by atoms with E-state index in [1.54, 1.807) is 0 Å². The fourth-order valence-corrected chi connectivity index (χ4v) is 3.86. The Hall–Kier alpha value is -2.45. The Balaban J connectivity index is 2.23. The van der Waals surface area contributed by atoms with Crippen LogP contribution in [-0.4, -0.2) is 6.29 Å². The predicted octanol–water partition coefficient (Wildman–Crippen LogP) is 6.37. The Kier molecular flexibility index (Phi) is 3.91. The third kappa shape index (κ3) is 2.35. The third-order valence-corrected chi connectivity index (χ3v) is 5.10. The predicted molar refractivity (Wildman–Crippen MR) is 105 cm³/mol. The van der Waals surface area contributed by atoms with E-state index in [0.717, 1.165) is 39.1 Å². The van der Waals surface area contributed by atoms with E-state index in [4.69, 9.17) is 0 Å². The van der Waals surface area contributed by atoms with Crippen molar-refractivity contribution in [3.8, 4) is 11.1 Å². The first-order valence-electron chi connectivity index (χ1n) is 7.87. The first-order chi connectivity index (χ1) is 11.8. The number of carbonyl (C=O) groups excluding carboxylic acids is 1. The molecule has 0 saturated carbocycles. The summed E-state index contributed by atoms with van der Waals surface area (Å²) in [4.78, 5) is 11.8. The highest BCUT2D eigenvalue weighted by molar-refractivity contribution is 9.08. The summed E-state index contributed by atoms with van der Waals surface area (Å²) >= 11 is 3.61. The molecule has 0 radical (unpaired) electrons. The molecular formula is C22H15BrO. The molecule has 0 amide bonds. The van der Waals surface area contributed by atoms with Gasteiger partial charge in [0.05, 0.1) is 0 Å². The fraction of sp³-hybridized carbons (Fsp3) is 0.0455. The van der Waals surface area contributed by atoms with Gasteiger partial charge in [0.1, 0.15) is 0 Å². The van der Waals surface area contributed by atoms with Gasteiger partial charge >= 0.3 is 0 Å². The molecule has 4 aromatic carbocycles. The second-order valence-electron chi connectivity index (χ2n) is 5.82. The average molecular weight is 375 g/mol. The minimum atomic E-state index is 0.729. The van der Waals surface area contributed by atoms with Gasteiger partial charge in [-0.25, -0.2) is 0 Å². The van der Waals surface area contributed by atoms with E-state index < -0.39 is 0 Å². The lowest BCUT2D eigenvalue weighted by Crippen LogP contribution is -1.95. The summed E-state index contributed by atoms with van der Waals surface area (Å²) in [5.74, 6) is 0. The molecule has 0 heterocycles. The lowest BCUT2D eigenvalue weighted by Gasteiger charge is -2.16. The Morgan fingerprint density at radius 2 is 1.29 bits per heavy atom. The van der Waals surface area contributed by atoms with Gasteiger partial charge in [0.25, 0.3) is 0 Å². The van der Waals surface area contributed by atoms with E-state index in [2.05, 4.69) is 58.4 Å². The highest BCUT2D eigenvalue weighted by Gasteiger charge is 2.15. The number of benzene rings is 4. The highest BCUT2D eigenvalue weighted by atomic mass is 79.9. The van der Waals surface area contributed by atoms with E-state index in [1.165, 1.54) is 16.3 Å². The minimum absolute atomic E-state index is 0.729. The van der Waals surface area contributed by atoms with E-state index >= 15 is 0 Å². The van der Waals surface area contributed by atoms with Crippen molar-refractivity contribution in [2.45, 2.75) is 5.33 Å². The standard InChI is InChI=1S/C22H15BrO/c23-13-17-11-9-15-5-1-3-7-19(15)21(17)22-18(14-24)12-10-16-6-2-4-8-20(16)22/h1-12,14H,13H2. The summed E-state index contributed by atoms with van der Waals surface area (Å²) in [6.45, 7) is 0. The van der Waals surface area contributed by atoms with Crippen LogP contribution in [0.2, 0.25) is 0 Å². The molecule has 0 aliphatic carbocycles. The van der Waals surface area contributed by atoms with Gasteiger partial charge in [-0.3, -0.25) is 4.79 Å². The molecule has 0 aromatic heterocycles. The van der Waals surface area contributed by atoms with Gasteiger partial charge in [-0.2, -0.15) is 0 Å². The molecule has 0 unspecified atom stereocenters. The highest BCUT2D eigenvalue weighted by Crippen LogP contribution is 2.39. The number of fused-ring (bicyclic) bond motifs is 2. The molecular weight excluding hydrogens is 360 g/mol. The molecule has 2 heteroatoms. The lowest BCUT2D eigenvalue weighted by atomic mass is 9.88. The van der Waals surface area contributed by atoms with Crippen LogP contribution in [0.5, 0.6) is 0 Å².